The van der Waals surface area contributed by atoms with Gasteiger partial charge in [-0.25, -0.2) is 0 Å². The molecule has 14 atom stereocenters. The maximum absolute atomic E-state index is 12.3. The molecule has 0 aromatic carbocycles. The van der Waals surface area contributed by atoms with Gasteiger partial charge in [-0.05, 0) is 92.8 Å². The Labute approximate surface area is 198 Å². The Morgan fingerprint density at radius 2 is 1.55 bits per heavy atom. The Balaban J connectivity index is 1.37. The van der Waals surface area contributed by atoms with Gasteiger partial charge in [0.1, 0.15) is 0 Å². The lowest BCUT2D eigenvalue weighted by atomic mass is 9.50. The quantitative estimate of drug-likeness (QED) is 0.375. The van der Waals surface area contributed by atoms with Gasteiger partial charge in [-0.15, -0.1) is 0 Å². The lowest BCUT2D eigenvalue weighted by Gasteiger charge is -2.62. The molecule has 0 aromatic rings. The van der Waals surface area contributed by atoms with Crippen LogP contribution >= 0.6 is 0 Å². The summed E-state index contributed by atoms with van der Waals surface area (Å²) in [5.74, 6) is 0.855. The Bertz CT molecular complexity index is 790. The van der Waals surface area contributed by atoms with Crippen molar-refractivity contribution in [3.8, 4) is 0 Å². The number of piperidine rings is 2. The Morgan fingerprint density at radius 3 is 2.30 bits per heavy atom. The van der Waals surface area contributed by atoms with Gasteiger partial charge < -0.3 is 25.5 Å². The van der Waals surface area contributed by atoms with Crippen LogP contribution in [0.15, 0.2) is 0 Å². The molecule has 0 spiro atoms. The molecular formula is C27H45NO5. The van der Waals surface area contributed by atoms with E-state index in [0.29, 0.717) is 31.1 Å². The normalized spacial score (nSPS) is 63.1. The van der Waals surface area contributed by atoms with Crippen LogP contribution in [-0.2, 0) is 0 Å². The predicted molar refractivity (Wildman–Crippen MR) is 124 cm³/mol. The third kappa shape index (κ3) is 3.07. The van der Waals surface area contributed by atoms with Crippen molar-refractivity contribution in [3.05, 3.63) is 0 Å². The lowest BCUT2D eigenvalue weighted by molar-refractivity contribution is -0.242. The first-order valence-corrected chi connectivity index (χ1v) is 13.7. The standard InChI is InChI=1S/C27H45NO5/c1-14-4-5-23-26(3,32)24-16(13-28(23)12-14)17-9-18-19(27(17,33)11-22(24)31)10-21(30)20-8-15(29)6-7-25(18,20)2/h14-24,29-33H,4-13H2,1-3H3/t14-,15-,16-,17-,18-,19+,20+,21-,22-,23-,24+,25+,26?,27-/m0/s1. The van der Waals surface area contributed by atoms with Gasteiger partial charge in [0.2, 0.25) is 0 Å². The van der Waals surface area contributed by atoms with Gasteiger partial charge in [0.05, 0.1) is 29.5 Å². The fourth-order valence-corrected chi connectivity index (χ4v) is 10.7. The van der Waals surface area contributed by atoms with Gasteiger partial charge in [0.15, 0.2) is 0 Å². The Hall–Kier alpha value is -0.240. The van der Waals surface area contributed by atoms with Crippen molar-refractivity contribution >= 4 is 0 Å². The van der Waals surface area contributed by atoms with Crippen molar-refractivity contribution in [2.75, 3.05) is 13.1 Å². The van der Waals surface area contributed by atoms with E-state index < -0.39 is 23.4 Å². The highest BCUT2D eigenvalue weighted by molar-refractivity contribution is 5.21. The Kier molecular flexibility index (Phi) is 5.19. The maximum Gasteiger partial charge on any atom is 0.0830 e. The number of aliphatic hydroxyl groups is 5. The molecule has 6 nitrogen and oxygen atoms in total. The molecule has 2 heterocycles. The minimum absolute atomic E-state index is 0.0208. The summed E-state index contributed by atoms with van der Waals surface area (Å²) < 4.78 is 0. The van der Waals surface area contributed by atoms with Crippen LogP contribution in [0, 0.1) is 46.8 Å². The summed E-state index contributed by atoms with van der Waals surface area (Å²) in [4.78, 5) is 2.46. The zero-order valence-corrected chi connectivity index (χ0v) is 20.6. The summed E-state index contributed by atoms with van der Waals surface area (Å²) in [7, 11) is 0. The molecule has 6 heteroatoms. The summed E-state index contributed by atoms with van der Waals surface area (Å²) in [5.41, 5.74) is -2.03. The van der Waals surface area contributed by atoms with Gasteiger partial charge in [-0.3, -0.25) is 4.90 Å². The number of nitrogens with zero attached hydrogens (tertiary/aromatic N) is 1. The average molecular weight is 464 g/mol. The van der Waals surface area contributed by atoms with Crippen LogP contribution in [0.5, 0.6) is 0 Å². The van der Waals surface area contributed by atoms with E-state index >= 15 is 0 Å². The molecule has 188 valence electrons. The first-order chi connectivity index (χ1) is 15.5. The van der Waals surface area contributed by atoms with Crippen LogP contribution < -0.4 is 0 Å². The second kappa shape index (κ2) is 7.39. The number of fused-ring (bicyclic) bond motifs is 8. The zero-order chi connectivity index (χ0) is 23.5. The smallest absolute Gasteiger partial charge is 0.0830 e. The van der Waals surface area contributed by atoms with Crippen LogP contribution in [0.1, 0.15) is 72.1 Å². The minimum Gasteiger partial charge on any atom is -0.393 e. The van der Waals surface area contributed by atoms with Crippen molar-refractivity contribution in [1.29, 1.82) is 0 Å². The summed E-state index contributed by atoms with van der Waals surface area (Å²) in [6.45, 7) is 8.34. The SMILES string of the molecule is C[C@H]1CC[C@@H]2N(C1)C[C@@H]1[C@H]([C@@H](O)C[C@@]3(O)[C@@H]4C[C@H](O)[C@H]5C[C@@H](O)CC[C@]5(C)[C@H]4C[C@@H]13)C2(C)O. The van der Waals surface area contributed by atoms with E-state index in [-0.39, 0.29) is 47.2 Å². The van der Waals surface area contributed by atoms with Crippen molar-refractivity contribution in [3.63, 3.8) is 0 Å². The van der Waals surface area contributed by atoms with Crippen molar-refractivity contribution in [2.45, 2.75) is 108 Å². The van der Waals surface area contributed by atoms with E-state index in [9.17, 15) is 25.5 Å². The molecule has 2 saturated heterocycles. The number of hydrogen-bond donors (Lipinski definition) is 5. The molecule has 0 radical (unpaired) electrons. The average Bonchev–Trinajstić information content (AvgIpc) is 3.01. The third-order valence-corrected chi connectivity index (χ3v) is 12.1. The predicted octanol–water partition coefficient (Wildman–Crippen LogP) is 1.76. The zero-order valence-electron chi connectivity index (χ0n) is 20.6. The number of rotatable bonds is 0. The molecule has 33 heavy (non-hydrogen) atoms. The summed E-state index contributed by atoms with van der Waals surface area (Å²) in [6.07, 6.45) is 4.62. The molecule has 4 aliphatic carbocycles. The van der Waals surface area contributed by atoms with Crippen LogP contribution in [0.2, 0.25) is 0 Å². The van der Waals surface area contributed by atoms with Gasteiger partial charge >= 0.3 is 0 Å². The summed E-state index contributed by atoms with van der Waals surface area (Å²) in [5, 5.41) is 57.1. The second-order valence-corrected chi connectivity index (χ2v) is 13.7. The monoisotopic (exact) mass is 463 g/mol. The molecule has 1 unspecified atom stereocenters. The second-order valence-electron chi connectivity index (χ2n) is 13.7. The highest BCUT2D eigenvalue weighted by Gasteiger charge is 2.71. The van der Waals surface area contributed by atoms with E-state index in [1.807, 2.05) is 6.92 Å². The fourth-order valence-electron chi connectivity index (χ4n) is 10.7. The molecule has 0 aromatic heterocycles. The van der Waals surface area contributed by atoms with Gasteiger partial charge in [0, 0.05) is 31.5 Å². The molecule has 0 amide bonds. The molecule has 4 saturated carbocycles. The maximum atomic E-state index is 12.3. The first kappa shape index (κ1) is 23.2. The number of hydrogen-bond acceptors (Lipinski definition) is 6. The summed E-state index contributed by atoms with van der Waals surface area (Å²) in [6, 6.07) is 0.0861. The lowest BCUT2D eigenvalue weighted by Crippen LogP contribution is -2.72. The minimum atomic E-state index is -0.986. The van der Waals surface area contributed by atoms with Crippen molar-refractivity contribution < 1.29 is 25.5 Å². The van der Waals surface area contributed by atoms with Crippen LogP contribution in [0.3, 0.4) is 0 Å². The molecule has 6 rings (SSSR count). The summed E-state index contributed by atoms with van der Waals surface area (Å²) >= 11 is 0. The highest BCUT2D eigenvalue weighted by atomic mass is 16.3. The third-order valence-electron chi connectivity index (χ3n) is 12.1. The number of aliphatic hydroxyl groups excluding tert-OH is 3. The molecule has 5 N–H and O–H groups in total. The molecule has 6 fully saturated rings. The topological polar surface area (TPSA) is 104 Å². The fraction of sp³-hybridized carbons (Fsp3) is 1.00. The van der Waals surface area contributed by atoms with Gasteiger partial charge in [-0.2, -0.15) is 0 Å². The molecule has 2 aliphatic heterocycles. The van der Waals surface area contributed by atoms with Crippen molar-refractivity contribution in [2.24, 2.45) is 46.8 Å². The highest BCUT2D eigenvalue weighted by Crippen LogP contribution is 2.68. The first-order valence-electron chi connectivity index (χ1n) is 13.7. The van der Waals surface area contributed by atoms with E-state index in [1.165, 1.54) is 0 Å². The van der Waals surface area contributed by atoms with Gasteiger partial charge in [0.25, 0.3) is 0 Å². The van der Waals surface area contributed by atoms with E-state index in [0.717, 1.165) is 45.2 Å². The van der Waals surface area contributed by atoms with E-state index in [4.69, 9.17) is 0 Å². The van der Waals surface area contributed by atoms with E-state index in [1.54, 1.807) is 0 Å². The van der Waals surface area contributed by atoms with E-state index in [2.05, 4.69) is 18.7 Å². The molecule has 0 bridgehead atoms. The Morgan fingerprint density at radius 1 is 0.788 bits per heavy atom. The molecule has 6 aliphatic rings. The molecular weight excluding hydrogens is 418 g/mol. The van der Waals surface area contributed by atoms with Crippen LogP contribution in [0.25, 0.3) is 0 Å². The van der Waals surface area contributed by atoms with Crippen LogP contribution in [0.4, 0.5) is 0 Å². The van der Waals surface area contributed by atoms with Crippen molar-refractivity contribution in [1.82, 2.24) is 4.90 Å². The largest absolute Gasteiger partial charge is 0.393 e. The van der Waals surface area contributed by atoms with Crippen LogP contribution in [-0.4, -0.2) is 79.1 Å². The van der Waals surface area contributed by atoms with Gasteiger partial charge in [-0.1, -0.05) is 13.8 Å².